The molecule has 2 amide bonds. The maximum absolute atomic E-state index is 13.7. The lowest BCUT2D eigenvalue weighted by Gasteiger charge is -2.28. The number of hydrogen-bond acceptors (Lipinski definition) is 5. The lowest BCUT2D eigenvalue weighted by atomic mass is 9.82. The Bertz CT molecular complexity index is 1050. The highest BCUT2D eigenvalue weighted by molar-refractivity contribution is 6.08. The molecule has 1 aromatic rings. The fourth-order valence-corrected chi connectivity index (χ4v) is 4.98. The fourth-order valence-electron chi connectivity index (χ4n) is 4.98. The van der Waals surface area contributed by atoms with Crippen LogP contribution in [0.25, 0.3) is 0 Å². The Morgan fingerprint density at radius 1 is 1.27 bits per heavy atom. The third-order valence-corrected chi connectivity index (χ3v) is 7.30. The fraction of sp³-hybridized carbons (Fsp3) is 0.533. The van der Waals surface area contributed by atoms with Crippen molar-refractivity contribution in [1.82, 2.24) is 5.32 Å². The van der Waals surface area contributed by atoms with Crippen molar-refractivity contribution in [2.24, 2.45) is 11.8 Å². The van der Waals surface area contributed by atoms with Gasteiger partial charge in [0.25, 0.3) is 5.91 Å². The molecule has 3 atom stereocenters. The van der Waals surface area contributed by atoms with Gasteiger partial charge in [0.2, 0.25) is 5.91 Å². The molecule has 0 aromatic heterocycles. The molecule has 1 fully saturated rings. The van der Waals surface area contributed by atoms with Crippen LogP contribution >= 0.6 is 0 Å². The van der Waals surface area contributed by atoms with Crippen molar-refractivity contribution in [2.45, 2.75) is 65.4 Å². The lowest BCUT2D eigenvalue weighted by molar-refractivity contribution is -0.139. The number of aliphatic hydroxyl groups excluding tert-OH is 1. The number of benzene rings is 1. The van der Waals surface area contributed by atoms with E-state index < -0.39 is 11.5 Å². The summed E-state index contributed by atoms with van der Waals surface area (Å²) in [5, 5.41) is 27.3. The van der Waals surface area contributed by atoms with Crippen molar-refractivity contribution < 1.29 is 19.8 Å². The molecule has 1 unspecified atom stereocenters. The van der Waals surface area contributed by atoms with Gasteiger partial charge in [-0.3, -0.25) is 9.59 Å². The highest BCUT2D eigenvalue weighted by Crippen LogP contribution is 2.46. The van der Waals surface area contributed by atoms with Crippen LogP contribution in [0.15, 0.2) is 53.6 Å². The number of amides is 2. The minimum Gasteiger partial charge on any atom is -0.396 e. The molecule has 1 saturated heterocycles. The van der Waals surface area contributed by atoms with Crippen molar-refractivity contribution in [3.05, 3.63) is 59.2 Å². The zero-order valence-electron chi connectivity index (χ0n) is 22.7. The zero-order chi connectivity index (χ0) is 27.0. The monoisotopic (exact) mass is 509 g/mol. The second kappa shape index (κ2) is 13.2. The predicted octanol–water partition coefficient (Wildman–Crippen LogP) is 4.43. The third kappa shape index (κ3) is 6.98. The molecular formula is C30H43N3O4. The average molecular weight is 510 g/mol. The van der Waals surface area contributed by atoms with Crippen LogP contribution in [-0.4, -0.2) is 48.3 Å². The highest BCUT2D eigenvalue weighted by atomic mass is 16.3. The molecule has 0 aliphatic carbocycles. The van der Waals surface area contributed by atoms with Gasteiger partial charge < -0.3 is 25.7 Å². The summed E-state index contributed by atoms with van der Waals surface area (Å²) in [5.41, 5.74) is 2.42. The summed E-state index contributed by atoms with van der Waals surface area (Å²) >= 11 is 0. The maximum atomic E-state index is 13.7. The van der Waals surface area contributed by atoms with Gasteiger partial charge in [0.05, 0.1) is 11.6 Å². The van der Waals surface area contributed by atoms with Gasteiger partial charge in [0.15, 0.2) is 5.60 Å². The Morgan fingerprint density at radius 3 is 2.73 bits per heavy atom. The Morgan fingerprint density at radius 2 is 2.05 bits per heavy atom. The largest absolute Gasteiger partial charge is 0.396 e. The number of hydrogen-bond donors (Lipinski definition) is 4. The number of allylic oxidation sites excluding steroid dienone is 3. The van der Waals surface area contributed by atoms with E-state index in [-0.39, 0.29) is 24.3 Å². The van der Waals surface area contributed by atoms with E-state index in [2.05, 4.69) is 37.5 Å². The molecule has 0 saturated carbocycles. The number of carbonyl (C=O) groups excluding carboxylic acids is 2. The molecule has 202 valence electrons. The second-order valence-electron chi connectivity index (χ2n) is 10.5. The first-order chi connectivity index (χ1) is 17.7. The number of fused-ring (bicyclic) bond motifs is 1. The van der Waals surface area contributed by atoms with E-state index in [1.54, 1.807) is 36.1 Å². The lowest BCUT2D eigenvalue weighted by Crippen LogP contribution is -2.44. The summed E-state index contributed by atoms with van der Waals surface area (Å²) < 4.78 is 0. The number of aliphatic hydroxyl groups is 2. The molecule has 7 nitrogen and oxygen atoms in total. The smallest absolute Gasteiger partial charge is 0.264 e. The number of piperidine rings is 1. The number of carbonyl (C=O) groups is 2. The van der Waals surface area contributed by atoms with Gasteiger partial charge in [0, 0.05) is 36.9 Å². The molecule has 0 bridgehead atoms. The summed E-state index contributed by atoms with van der Waals surface area (Å²) in [6.45, 7) is 9.97. The van der Waals surface area contributed by atoms with Gasteiger partial charge in [-0.15, -0.1) is 0 Å². The van der Waals surface area contributed by atoms with Gasteiger partial charge in [-0.1, -0.05) is 42.4 Å². The Balaban J connectivity index is 1.89. The van der Waals surface area contributed by atoms with Crippen molar-refractivity contribution in [3.63, 3.8) is 0 Å². The van der Waals surface area contributed by atoms with Crippen LogP contribution in [0, 0.1) is 11.8 Å². The van der Waals surface area contributed by atoms with E-state index in [4.69, 9.17) is 5.11 Å². The maximum Gasteiger partial charge on any atom is 0.264 e. The third-order valence-electron chi connectivity index (χ3n) is 7.30. The van der Waals surface area contributed by atoms with E-state index in [0.717, 1.165) is 32.2 Å². The topological polar surface area (TPSA) is 102 Å². The zero-order valence-corrected chi connectivity index (χ0v) is 22.7. The Hall–Kier alpha value is -2.74. The second-order valence-corrected chi connectivity index (χ2v) is 10.5. The first kappa shape index (κ1) is 28.8. The predicted molar refractivity (Wildman–Crippen MR) is 149 cm³/mol. The molecule has 7 heteroatoms. The molecule has 4 N–H and O–H groups in total. The van der Waals surface area contributed by atoms with Crippen molar-refractivity contribution in [3.8, 4) is 0 Å². The quantitative estimate of drug-likeness (QED) is 0.331. The molecule has 3 rings (SSSR count). The average Bonchev–Trinajstić information content (AvgIpc) is 3.09. The molecular weight excluding hydrogens is 466 g/mol. The number of nitrogens with zero attached hydrogens (tertiary/aromatic N) is 1. The van der Waals surface area contributed by atoms with Crippen LogP contribution in [0.1, 0.15) is 65.4 Å². The Kier molecular flexibility index (Phi) is 10.3. The number of nitrogens with one attached hydrogen (secondary N) is 2. The van der Waals surface area contributed by atoms with Crippen LogP contribution in [0.3, 0.4) is 0 Å². The highest BCUT2D eigenvalue weighted by Gasteiger charge is 2.52. The number of rotatable bonds is 11. The first-order valence-corrected chi connectivity index (χ1v) is 13.5. The van der Waals surface area contributed by atoms with Crippen LogP contribution < -0.4 is 15.5 Å². The van der Waals surface area contributed by atoms with E-state index >= 15 is 0 Å². The minimum atomic E-state index is -1.77. The van der Waals surface area contributed by atoms with Crippen molar-refractivity contribution in [2.75, 3.05) is 36.5 Å². The molecule has 37 heavy (non-hydrogen) atoms. The molecule has 2 aliphatic rings. The standard InChI is InChI=1S/C30H43N3O4/c1-21(2)9-7-10-22(3)15-17-33-27-14-13-25(32-28(35)24-12-8-16-31-20-24)19-26(27)30(37,29(33)36)23(4)11-5-6-18-34/h5,9,11,13-15,19,23-24,31,34,37H,6-8,10,12,16-18,20H2,1-4H3,(H,32,35)/b11-5+,22-15+/t23-,24?,30+/m0/s1. The van der Waals surface area contributed by atoms with Gasteiger partial charge in [0.1, 0.15) is 0 Å². The molecule has 2 aliphatic heterocycles. The van der Waals surface area contributed by atoms with Crippen molar-refractivity contribution >= 4 is 23.2 Å². The van der Waals surface area contributed by atoms with Crippen molar-refractivity contribution in [1.29, 1.82) is 0 Å². The summed E-state index contributed by atoms with van der Waals surface area (Å²) in [7, 11) is 0. The molecule has 1 aromatic carbocycles. The van der Waals surface area contributed by atoms with Crippen LogP contribution in [0.2, 0.25) is 0 Å². The van der Waals surface area contributed by atoms with Gasteiger partial charge >= 0.3 is 0 Å². The number of anilines is 2. The van der Waals surface area contributed by atoms with Gasteiger partial charge in [-0.05, 0) is 77.6 Å². The van der Waals surface area contributed by atoms with Crippen LogP contribution in [0.5, 0.6) is 0 Å². The summed E-state index contributed by atoms with van der Waals surface area (Å²) in [5.74, 6) is -1.05. The van der Waals surface area contributed by atoms with Gasteiger partial charge in [-0.25, -0.2) is 0 Å². The Labute approximate surface area is 221 Å². The van der Waals surface area contributed by atoms with E-state index in [0.29, 0.717) is 36.4 Å². The van der Waals surface area contributed by atoms with Crippen LogP contribution in [-0.2, 0) is 15.2 Å². The van der Waals surface area contributed by atoms with E-state index in [1.807, 2.05) is 12.1 Å². The summed E-state index contributed by atoms with van der Waals surface area (Å²) in [4.78, 5) is 28.2. The first-order valence-electron chi connectivity index (χ1n) is 13.5. The molecule has 2 heterocycles. The van der Waals surface area contributed by atoms with Gasteiger partial charge in [-0.2, -0.15) is 0 Å². The van der Waals surface area contributed by atoms with Crippen LogP contribution in [0.4, 0.5) is 11.4 Å². The normalized spacial score (nSPS) is 22.8. The molecule has 0 radical (unpaired) electrons. The summed E-state index contributed by atoms with van der Waals surface area (Å²) in [6, 6.07) is 5.36. The minimum absolute atomic E-state index is 0.00132. The SMILES string of the molecule is CC(C)=CCC/C(C)=C/CN1C(=O)[C@@](O)([C@@H](C)/C=C/CCO)c2cc(NC(=O)C3CCCNC3)ccc21. The van der Waals surface area contributed by atoms with E-state index in [9.17, 15) is 14.7 Å². The van der Waals surface area contributed by atoms with E-state index in [1.165, 1.54) is 11.1 Å². The summed E-state index contributed by atoms with van der Waals surface area (Å²) in [6.07, 6.45) is 11.9. The molecule has 0 spiro atoms.